The SMILES string of the molecule is CCNS(=O)(=O)c1cc(Cl)c(C)c(Cl)c1. The molecule has 1 rings (SSSR count). The molecule has 1 aromatic carbocycles. The molecule has 0 bridgehead atoms. The highest BCUT2D eigenvalue weighted by molar-refractivity contribution is 7.89. The van der Waals surface area contributed by atoms with Gasteiger partial charge in [-0.3, -0.25) is 0 Å². The highest BCUT2D eigenvalue weighted by Crippen LogP contribution is 2.27. The van der Waals surface area contributed by atoms with Gasteiger partial charge >= 0.3 is 0 Å². The summed E-state index contributed by atoms with van der Waals surface area (Å²) in [5.41, 5.74) is 0.675. The summed E-state index contributed by atoms with van der Waals surface area (Å²) in [6.45, 7) is 3.76. The van der Waals surface area contributed by atoms with E-state index in [1.54, 1.807) is 13.8 Å². The van der Waals surface area contributed by atoms with Gasteiger partial charge in [-0.05, 0) is 24.6 Å². The van der Waals surface area contributed by atoms with Crippen LogP contribution in [0.1, 0.15) is 12.5 Å². The summed E-state index contributed by atoms with van der Waals surface area (Å²) in [5, 5.41) is 0.693. The average molecular weight is 268 g/mol. The molecule has 1 N–H and O–H groups in total. The maximum atomic E-state index is 11.6. The smallest absolute Gasteiger partial charge is 0.211 e. The van der Waals surface area contributed by atoms with Crippen LogP contribution in [-0.4, -0.2) is 15.0 Å². The predicted octanol–water partition coefficient (Wildman–Crippen LogP) is 2.60. The second-order valence-electron chi connectivity index (χ2n) is 3.01. The predicted molar refractivity (Wildman–Crippen MR) is 62.1 cm³/mol. The van der Waals surface area contributed by atoms with E-state index < -0.39 is 10.0 Å². The van der Waals surface area contributed by atoms with Crippen molar-refractivity contribution in [3.8, 4) is 0 Å². The van der Waals surface area contributed by atoms with Crippen LogP contribution in [0, 0.1) is 6.92 Å². The molecule has 0 aliphatic rings. The number of sulfonamides is 1. The molecule has 0 saturated heterocycles. The van der Waals surface area contributed by atoms with Crippen molar-refractivity contribution in [2.24, 2.45) is 0 Å². The fraction of sp³-hybridized carbons (Fsp3) is 0.333. The quantitative estimate of drug-likeness (QED) is 0.915. The van der Waals surface area contributed by atoms with Gasteiger partial charge in [0.15, 0.2) is 0 Å². The van der Waals surface area contributed by atoms with Crippen molar-refractivity contribution in [1.82, 2.24) is 4.72 Å². The third kappa shape index (κ3) is 2.84. The van der Waals surface area contributed by atoms with Crippen molar-refractivity contribution in [3.05, 3.63) is 27.7 Å². The minimum Gasteiger partial charge on any atom is -0.211 e. The van der Waals surface area contributed by atoms with Crippen LogP contribution in [0.3, 0.4) is 0 Å². The van der Waals surface area contributed by atoms with Crippen LogP contribution in [0.2, 0.25) is 10.0 Å². The highest BCUT2D eigenvalue weighted by atomic mass is 35.5. The first-order chi connectivity index (χ1) is 6.88. The molecule has 0 unspecified atom stereocenters. The van der Waals surface area contributed by atoms with Crippen LogP contribution >= 0.6 is 23.2 Å². The number of rotatable bonds is 3. The van der Waals surface area contributed by atoms with E-state index in [-0.39, 0.29) is 4.90 Å². The molecule has 0 saturated carbocycles. The summed E-state index contributed by atoms with van der Waals surface area (Å²) in [6, 6.07) is 2.78. The molecule has 0 radical (unpaired) electrons. The molecule has 0 fully saturated rings. The molecule has 0 aromatic heterocycles. The normalized spacial score (nSPS) is 11.7. The first kappa shape index (κ1) is 12.8. The zero-order valence-electron chi connectivity index (χ0n) is 8.34. The van der Waals surface area contributed by atoms with E-state index in [2.05, 4.69) is 4.72 Å². The molecule has 0 atom stereocenters. The number of hydrogen-bond donors (Lipinski definition) is 1. The van der Waals surface area contributed by atoms with E-state index in [1.807, 2.05) is 0 Å². The van der Waals surface area contributed by atoms with Gasteiger partial charge in [-0.2, -0.15) is 0 Å². The maximum absolute atomic E-state index is 11.6. The van der Waals surface area contributed by atoms with Crippen LogP contribution in [0.4, 0.5) is 0 Å². The molecular weight excluding hydrogens is 257 g/mol. The van der Waals surface area contributed by atoms with Crippen LogP contribution in [0.15, 0.2) is 17.0 Å². The van der Waals surface area contributed by atoms with Crippen LogP contribution in [0.5, 0.6) is 0 Å². The van der Waals surface area contributed by atoms with Crippen molar-refractivity contribution in [1.29, 1.82) is 0 Å². The van der Waals surface area contributed by atoms with Crippen molar-refractivity contribution in [3.63, 3.8) is 0 Å². The van der Waals surface area contributed by atoms with Crippen LogP contribution < -0.4 is 4.72 Å². The van der Waals surface area contributed by atoms with Gasteiger partial charge in [0.1, 0.15) is 0 Å². The zero-order chi connectivity index (χ0) is 11.6. The summed E-state index contributed by atoms with van der Waals surface area (Å²) in [6.07, 6.45) is 0. The summed E-state index contributed by atoms with van der Waals surface area (Å²) in [7, 11) is -3.49. The molecule has 0 spiro atoms. The number of hydrogen-bond acceptors (Lipinski definition) is 2. The van der Waals surface area contributed by atoms with E-state index in [1.165, 1.54) is 12.1 Å². The summed E-state index contributed by atoms with van der Waals surface area (Å²) in [4.78, 5) is 0.0879. The lowest BCUT2D eigenvalue weighted by Gasteiger charge is -2.07. The van der Waals surface area contributed by atoms with Crippen molar-refractivity contribution >= 4 is 33.2 Å². The van der Waals surface area contributed by atoms with Crippen LogP contribution in [0.25, 0.3) is 0 Å². The van der Waals surface area contributed by atoms with E-state index in [9.17, 15) is 8.42 Å². The van der Waals surface area contributed by atoms with Crippen LogP contribution in [-0.2, 0) is 10.0 Å². The second-order valence-corrected chi connectivity index (χ2v) is 5.59. The Hall–Kier alpha value is -0.290. The Morgan fingerprint density at radius 2 is 1.73 bits per heavy atom. The first-order valence-corrected chi connectivity index (χ1v) is 6.57. The molecule has 0 aliphatic carbocycles. The standard InChI is InChI=1S/C9H11Cl2NO2S/c1-3-12-15(13,14)7-4-8(10)6(2)9(11)5-7/h4-5,12H,3H2,1-2H3. The van der Waals surface area contributed by atoms with Crippen molar-refractivity contribution in [2.45, 2.75) is 18.7 Å². The van der Waals surface area contributed by atoms with Gasteiger partial charge in [0.25, 0.3) is 0 Å². The fourth-order valence-corrected chi connectivity index (χ4v) is 2.76. The summed E-state index contributed by atoms with van der Waals surface area (Å²) >= 11 is 11.7. The van der Waals surface area contributed by atoms with Crippen molar-refractivity contribution in [2.75, 3.05) is 6.54 Å². The number of nitrogens with one attached hydrogen (secondary N) is 1. The monoisotopic (exact) mass is 267 g/mol. The lowest BCUT2D eigenvalue weighted by Crippen LogP contribution is -2.23. The van der Waals surface area contributed by atoms with Gasteiger partial charge in [-0.1, -0.05) is 30.1 Å². The Morgan fingerprint density at radius 1 is 1.27 bits per heavy atom. The van der Waals surface area contributed by atoms with E-state index in [0.29, 0.717) is 22.2 Å². The Kier molecular flexibility index (Phi) is 4.00. The van der Waals surface area contributed by atoms with Gasteiger partial charge in [-0.25, -0.2) is 13.1 Å². The average Bonchev–Trinajstić information content (AvgIpc) is 2.13. The maximum Gasteiger partial charge on any atom is 0.240 e. The zero-order valence-corrected chi connectivity index (χ0v) is 10.7. The van der Waals surface area contributed by atoms with Gasteiger partial charge in [0.2, 0.25) is 10.0 Å². The number of benzene rings is 1. The summed E-state index contributed by atoms with van der Waals surface area (Å²) in [5.74, 6) is 0. The lowest BCUT2D eigenvalue weighted by atomic mass is 10.2. The molecule has 0 aliphatic heterocycles. The van der Waals surface area contributed by atoms with E-state index in [0.717, 1.165) is 0 Å². The second kappa shape index (κ2) is 4.70. The van der Waals surface area contributed by atoms with Gasteiger partial charge in [0.05, 0.1) is 4.90 Å². The molecule has 84 valence electrons. The third-order valence-electron chi connectivity index (χ3n) is 1.90. The third-order valence-corrected chi connectivity index (χ3v) is 4.21. The fourth-order valence-electron chi connectivity index (χ4n) is 1.05. The minimum atomic E-state index is -3.49. The molecule has 0 heterocycles. The Labute approximate surface area is 99.4 Å². The molecule has 3 nitrogen and oxygen atoms in total. The van der Waals surface area contributed by atoms with Gasteiger partial charge in [0, 0.05) is 16.6 Å². The Morgan fingerprint density at radius 3 is 2.13 bits per heavy atom. The van der Waals surface area contributed by atoms with E-state index >= 15 is 0 Å². The first-order valence-electron chi connectivity index (χ1n) is 4.33. The topological polar surface area (TPSA) is 46.2 Å². The largest absolute Gasteiger partial charge is 0.240 e. The Bertz CT molecular complexity index is 448. The summed E-state index contributed by atoms with van der Waals surface area (Å²) < 4.78 is 25.6. The molecule has 6 heteroatoms. The van der Waals surface area contributed by atoms with Gasteiger partial charge < -0.3 is 0 Å². The van der Waals surface area contributed by atoms with E-state index in [4.69, 9.17) is 23.2 Å². The molecular formula is C9H11Cl2NO2S. The minimum absolute atomic E-state index is 0.0879. The molecule has 0 amide bonds. The van der Waals surface area contributed by atoms with Crippen molar-refractivity contribution < 1.29 is 8.42 Å². The lowest BCUT2D eigenvalue weighted by molar-refractivity contribution is 0.584. The van der Waals surface area contributed by atoms with Gasteiger partial charge in [-0.15, -0.1) is 0 Å². The molecule has 1 aromatic rings. The number of halogens is 2. The Balaban J connectivity index is 3.29. The molecule has 15 heavy (non-hydrogen) atoms. The highest BCUT2D eigenvalue weighted by Gasteiger charge is 2.15.